The summed E-state index contributed by atoms with van der Waals surface area (Å²) >= 11 is 0. The van der Waals surface area contributed by atoms with Gasteiger partial charge in [-0.1, -0.05) is 12.1 Å². The summed E-state index contributed by atoms with van der Waals surface area (Å²) in [5, 5.41) is 2.82. The van der Waals surface area contributed by atoms with Gasteiger partial charge in [0.1, 0.15) is 12.6 Å². The van der Waals surface area contributed by atoms with E-state index >= 15 is 0 Å². The fourth-order valence-electron chi connectivity index (χ4n) is 3.86. The monoisotopic (exact) mass is 390 g/mol. The third-order valence-electron chi connectivity index (χ3n) is 5.25. The first-order valence-electron chi connectivity index (χ1n) is 9.16. The number of piperazine rings is 1. The summed E-state index contributed by atoms with van der Waals surface area (Å²) in [5.41, 5.74) is 0.779. The lowest BCUT2D eigenvalue weighted by Gasteiger charge is -2.38. The third-order valence-corrected chi connectivity index (χ3v) is 5.25. The molecular weight excluding hydrogens is 364 g/mol. The molecule has 0 radical (unpaired) electrons. The standard InChI is InChI=1S/C19H26N4O5/c1-12-18(25)21(2)9-14-10-22(19(26)23(12)14)11-16(24)20-8-13-6-5-7-15(27-3)17(13)28-4/h5-7,12,14H,8-11H2,1-4H3,(H,20,24)/t12-,14+/m0/s1. The minimum atomic E-state index is -0.509. The van der Waals surface area contributed by atoms with Gasteiger partial charge in [0.05, 0.1) is 20.3 Å². The molecule has 1 aromatic carbocycles. The van der Waals surface area contributed by atoms with E-state index in [1.807, 2.05) is 12.1 Å². The molecule has 9 nitrogen and oxygen atoms in total. The number of para-hydroxylation sites is 1. The molecular formula is C19H26N4O5. The SMILES string of the molecule is COc1cccc(CNC(=O)CN2C[C@H]3CN(C)C(=O)[C@H](C)N3C2=O)c1OC. The smallest absolute Gasteiger partial charge is 0.321 e. The van der Waals surface area contributed by atoms with Crippen LogP contribution in [0, 0.1) is 0 Å². The van der Waals surface area contributed by atoms with Crippen LogP contribution >= 0.6 is 0 Å². The van der Waals surface area contributed by atoms with Crippen molar-refractivity contribution in [3.05, 3.63) is 23.8 Å². The van der Waals surface area contributed by atoms with Crippen molar-refractivity contribution in [2.75, 3.05) is 40.9 Å². The van der Waals surface area contributed by atoms with E-state index in [1.165, 1.54) is 4.90 Å². The quantitative estimate of drug-likeness (QED) is 0.754. The lowest BCUT2D eigenvalue weighted by atomic mass is 10.1. The number of hydrogen-bond donors (Lipinski definition) is 1. The average Bonchev–Trinajstić information content (AvgIpc) is 2.99. The minimum Gasteiger partial charge on any atom is -0.493 e. The Labute approximate surface area is 164 Å². The second kappa shape index (κ2) is 7.95. The van der Waals surface area contributed by atoms with Gasteiger partial charge in [-0.25, -0.2) is 4.79 Å². The average molecular weight is 390 g/mol. The van der Waals surface area contributed by atoms with Crippen molar-refractivity contribution in [1.82, 2.24) is 20.0 Å². The zero-order valence-corrected chi connectivity index (χ0v) is 16.6. The Morgan fingerprint density at radius 3 is 2.64 bits per heavy atom. The maximum atomic E-state index is 12.7. The number of ether oxygens (including phenoxy) is 2. The van der Waals surface area contributed by atoms with E-state index in [-0.39, 0.29) is 37.0 Å². The van der Waals surface area contributed by atoms with Crippen LogP contribution in [0.4, 0.5) is 4.79 Å². The van der Waals surface area contributed by atoms with Gasteiger partial charge in [0, 0.05) is 32.2 Å². The summed E-state index contributed by atoms with van der Waals surface area (Å²) in [4.78, 5) is 41.9. The van der Waals surface area contributed by atoms with Crippen LogP contribution in [0.3, 0.4) is 0 Å². The van der Waals surface area contributed by atoms with E-state index in [1.54, 1.807) is 44.1 Å². The Morgan fingerprint density at radius 2 is 1.96 bits per heavy atom. The Morgan fingerprint density at radius 1 is 1.21 bits per heavy atom. The van der Waals surface area contributed by atoms with Crippen LogP contribution < -0.4 is 14.8 Å². The largest absolute Gasteiger partial charge is 0.493 e. The summed E-state index contributed by atoms with van der Waals surface area (Å²) in [5.74, 6) is 0.796. The van der Waals surface area contributed by atoms with Gasteiger partial charge in [0.2, 0.25) is 11.8 Å². The van der Waals surface area contributed by atoms with Crippen molar-refractivity contribution in [2.45, 2.75) is 25.6 Å². The molecule has 0 saturated carbocycles. The molecule has 2 heterocycles. The van der Waals surface area contributed by atoms with Crippen molar-refractivity contribution in [2.24, 2.45) is 0 Å². The predicted molar refractivity (Wildman–Crippen MR) is 101 cm³/mol. The van der Waals surface area contributed by atoms with Gasteiger partial charge < -0.3 is 29.5 Å². The van der Waals surface area contributed by atoms with Crippen LogP contribution in [-0.4, -0.2) is 85.5 Å². The number of carbonyl (C=O) groups excluding carboxylic acids is 3. The third kappa shape index (κ3) is 3.56. The van der Waals surface area contributed by atoms with Crippen LogP contribution in [0.25, 0.3) is 0 Å². The van der Waals surface area contributed by atoms with Crippen molar-refractivity contribution in [3.8, 4) is 11.5 Å². The molecule has 0 aliphatic carbocycles. The van der Waals surface area contributed by atoms with Crippen LogP contribution in [0.2, 0.25) is 0 Å². The first-order valence-corrected chi connectivity index (χ1v) is 9.16. The van der Waals surface area contributed by atoms with Crippen LogP contribution in [-0.2, 0) is 16.1 Å². The highest BCUT2D eigenvalue weighted by atomic mass is 16.5. The Balaban J connectivity index is 1.60. The molecule has 3 rings (SSSR count). The van der Waals surface area contributed by atoms with Gasteiger partial charge in [-0.3, -0.25) is 9.59 Å². The number of urea groups is 1. The molecule has 2 fully saturated rings. The van der Waals surface area contributed by atoms with E-state index in [4.69, 9.17) is 9.47 Å². The number of rotatable bonds is 6. The van der Waals surface area contributed by atoms with Crippen molar-refractivity contribution in [1.29, 1.82) is 0 Å². The van der Waals surface area contributed by atoms with Gasteiger partial charge in [-0.05, 0) is 13.0 Å². The summed E-state index contributed by atoms with van der Waals surface area (Å²) < 4.78 is 10.6. The summed E-state index contributed by atoms with van der Waals surface area (Å²) in [6.07, 6.45) is 0. The molecule has 0 aromatic heterocycles. The van der Waals surface area contributed by atoms with Crippen molar-refractivity contribution < 1.29 is 23.9 Å². The Bertz CT molecular complexity index is 784. The highest BCUT2D eigenvalue weighted by Crippen LogP contribution is 2.30. The van der Waals surface area contributed by atoms with E-state index < -0.39 is 6.04 Å². The zero-order chi connectivity index (χ0) is 20.4. The summed E-state index contributed by atoms with van der Waals surface area (Å²) in [6, 6.07) is 4.57. The fourth-order valence-corrected chi connectivity index (χ4v) is 3.86. The number of carbonyl (C=O) groups is 3. The lowest BCUT2D eigenvalue weighted by molar-refractivity contribution is -0.139. The van der Waals surface area contributed by atoms with Crippen LogP contribution in [0.15, 0.2) is 18.2 Å². The molecule has 9 heteroatoms. The highest BCUT2D eigenvalue weighted by Gasteiger charge is 2.47. The van der Waals surface area contributed by atoms with Gasteiger partial charge in [0.15, 0.2) is 11.5 Å². The predicted octanol–water partition coefficient (Wildman–Crippen LogP) is 0.287. The summed E-state index contributed by atoms with van der Waals surface area (Å²) in [7, 11) is 4.83. The van der Waals surface area contributed by atoms with E-state index in [0.29, 0.717) is 24.6 Å². The first-order chi connectivity index (χ1) is 13.4. The van der Waals surface area contributed by atoms with Gasteiger partial charge in [-0.2, -0.15) is 0 Å². The number of hydrogen-bond acceptors (Lipinski definition) is 5. The number of fused-ring (bicyclic) bond motifs is 1. The molecule has 152 valence electrons. The molecule has 2 saturated heterocycles. The van der Waals surface area contributed by atoms with Crippen molar-refractivity contribution >= 4 is 17.8 Å². The molecule has 0 bridgehead atoms. The first kappa shape index (κ1) is 19.8. The molecule has 1 N–H and O–H groups in total. The Hall–Kier alpha value is -2.97. The van der Waals surface area contributed by atoms with Gasteiger partial charge in [-0.15, -0.1) is 0 Å². The zero-order valence-electron chi connectivity index (χ0n) is 16.6. The van der Waals surface area contributed by atoms with E-state index in [9.17, 15) is 14.4 Å². The molecule has 0 spiro atoms. The topological polar surface area (TPSA) is 91.4 Å². The highest BCUT2D eigenvalue weighted by molar-refractivity contribution is 5.91. The fraction of sp³-hybridized carbons (Fsp3) is 0.526. The van der Waals surface area contributed by atoms with Crippen molar-refractivity contribution in [3.63, 3.8) is 0 Å². The Kier molecular flexibility index (Phi) is 5.62. The van der Waals surface area contributed by atoms with E-state index in [0.717, 1.165) is 5.56 Å². The number of benzene rings is 1. The number of nitrogens with one attached hydrogen (secondary N) is 1. The minimum absolute atomic E-state index is 0.0528. The maximum Gasteiger partial charge on any atom is 0.321 e. The van der Waals surface area contributed by atoms with E-state index in [2.05, 4.69) is 5.32 Å². The van der Waals surface area contributed by atoms with Gasteiger partial charge >= 0.3 is 6.03 Å². The molecule has 1 aromatic rings. The number of nitrogens with zero attached hydrogens (tertiary/aromatic N) is 3. The number of amides is 4. The van der Waals surface area contributed by atoms with Crippen LogP contribution in [0.1, 0.15) is 12.5 Å². The molecule has 0 unspecified atom stereocenters. The lowest BCUT2D eigenvalue weighted by Crippen LogP contribution is -2.58. The second-order valence-electron chi connectivity index (χ2n) is 7.05. The molecule has 4 amide bonds. The number of likely N-dealkylation sites (N-methyl/N-ethyl adjacent to an activating group) is 1. The number of methoxy groups -OCH3 is 2. The van der Waals surface area contributed by atoms with Crippen LogP contribution in [0.5, 0.6) is 11.5 Å². The molecule has 2 aliphatic heterocycles. The molecule has 2 atom stereocenters. The molecule has 2 aliphatic rings. The summed E-state index contributed by atoms with van der Waals surface area (Å²) in [6.45, 7) is 2.83. The normalized spacial score (nSPS) is 21.6. The second-order valence-corrected chi connectivity index (χ2v) is 7.05. The maximum absolute atomic E-state index is 12.7. The molecule has 28 heavy (non-hydrogen) atoms. The van der Waals surface area contributed by atoms with Gasteiger partial charge in [0.25, 0.3) is 0 Å².